The predicted octanol–water partition coefficient (Wildman–Crippen LogP) is 4.67. The Labute approximate surface area is 83.4 Å². The normalized spacial score (nSPS) is 11.6. The zero-order valence-corrected chi connectivity index (χ0v) is 9.59. The highest BCUT2D eigenvalue weighted by Gasteiger charge is 1.83. The molecule has 0 N–H and O–H groups in total. The maximum atomic E-state index is 3.81. The number of hydrogen-bond acceptors (Lipinski definition) is 0. The molecule has 0 heteroatoms. The van der Waals surface area contributed by atoms with E-state index >= 15 is 0 Å². The third kappa shape index (κ3) is 13.9. The van der Waals surface area contributed by atoms with Crippen molar-refractivity contribution in [2.75, 3.05) is 0 Å². The summed E-state index contributed by atoms with van der Waals surface area (Å²) in [5.74, 6) is 0. The molecule has 0 spiro atoms. The van der Waals surface area contributed by atoms with Gasteiger partial charge in [-0.15, -0.1) is 0 Å². The summed E-state index contributed by atoms with van der Waals surface area (Å²) in [5, 5.41) is 0. The van der Waals surface area contributed by atoms with E-state index in [1.54, 1.807) is 0 Å². The molecule has 0 aliphatic rings. The molecule has 0 saturated heterocycles. The molecule has 0 unspecified atom stereocenters. The van der Waals surface area contributed by atoms with Crippen LogP contribution in [0, 0.1) is 0 Å². The Bertz CT molecular complexity index is 198. The summed E-state index contributed by atoms with van der Waals surface area (Å²) >= 11 is 0. The molecule has 0 aliphatic carbocycles. The molecular weight excluding hydrogens is 156 g/mol. The summed E-state index contributed by atoms with van der Waals surface area (Å²) < 4.78 is 0. The lowest BCUT2D eigenvalue weighted by Crippen LogP contribution is -1.72. The van der Waals surface area contributed by atoms with Gasteiger partial charge in [0.15, 0.2) is 0 Å². The van der Waals surface area contributed by atoms with Crippen LogP contribution in [0.2, 0.25) is 0 Å². The Hall–Kier alpha value is -1.04. The number of allylic oxidation sites excluding steroid dienone is 7. The molecule has 0 bridgehead atoms. The minimum Gasteiger partial charge on any atom is -0.0958 e. The zero-order valence-electron chi connectivity index (χ0n) is 9.59. The van der Waals surface area contributed by atoms with Gasteiger partial charge < -0.3 is 0 Å². The molecule has 0 fully saturated rings. The van der Waals surface area contributed by atoms with Crippen LogP contribution in [0.5, 0.6) is 0 Å². The van der Waals surface area contributed by atoms with Crippen LogP contribution >= 0.6 is 0 Å². The lowest BCUT2D eigenvalue weighted by molar-refractivity contribution is 1.36. The highest BCUT2D eigenvalue weighted by molar-refractivity contribution is 5.27. The van der Waals surface area contributed by atoms with Crippen molar-refractivity contribution in [3.8, 4) is 0 Å². The van der Waals surface area contributed by atoms with E-state index in [1.807, 2.05) is 52.0 Å². The molecule has 0 aromatic carbocycles. The molecule has 0 atom stereocenters. The van der Waals surface area contributed by atoms with Crippen LogP contribution in [-0.2, 0) is 0 Å². The molecule has 0 radical (unpaired) electrons. The van der Waals surface area contributed by atoms with Gasteiger partial charge in [0.2, 0.25) is 0 Å². The van der Waals surface area contributed by atoms with Crippen molar-refractivity contribution < 1.29 is 0 Å². The lowest BCUT2D eigenvalue weighted by atomic mass is 10.1. The molecule has 0 amide bonds. The molecular formula is C13H22. The average molecular weight is 178 g/mol. The first kappa shape index (κ1) is 14.5. The molecule has 74 valence electrons. The first-order valence-corrected chi connectivity index (χ1v) is 4.62. The largest absolute Gasteiger partial charge is 0.0958 e. The monoisotopic (exact) mass is 178 g/mol. The first-order chi connectivity index (χ1) is 6.09. The Morgan fingerprint density at radius 2 is 1.38 bits per heavy atom. The van der Waals surface area contributed by atoms with E-state index in [0.29, 0.717) is 0 Å². The van der Waals surface area contributed by atoms with Crippen LogP contribution in [0.15, 0.2) is 48.1 Å². The summed E-state index contributed by atoms with van der Waals surface area (Å²) in [7, 11) is 0. The van der Waals surface area contributed by atoms with E-state index in [9.17, 15) is 0 Å². The van der Waals surface area contributed by atoms with Gasteiger partial charge in [0.1, 0.15) is 0 Å². The third-order valence-electron chi connectivity index (χ3n) is 1.55. The summed E-state index contributed by atoms with van der Waals surface area (Å²) in [6, 6.07) is 0. The van der Waals surface area contributed by atoms with Gasteiger partial charge >= 0.3 is 0 Å². The molecule has 0 rings (SSSR count). The van der Waals surface area contributed by atoms with Gasteiger partial charge in [0.25, 0.3) is 0 Å². The summed E-state index contributed by atoms with van der Waals surface area (Å²) in [5.41, 5.74) is 2.38. The minimum absolute atomic E-state index is 1.13. The number of hydrogen-bond donors (Lipinski definition) is 0. The van der Waals surface area contributed by atoms with Gasteiger partial charge in [-0.05, 0) is 40.2 Å². The third-order valence-corrected chi connectivity index (χ3v) is 1.55. The Morgan fingerprint density at radius 1 is 0.923 bits per heavy atom. The van der Waals surface area contributed by atoms with E-state index in [-0.39, 0.29) is 0 Å². The van der Waals surface area contributed by atoms with Crippen molar-refractivity contribution in [1.82, 2.24) is 0 Å². The molecule has 0 heterocycles. The summed E-state index contributed by atoms with van der Waals surface area (Å²) in [6.45, 7) is 13.9. The van der Waals surface area contributed by atoms with Gasteiger partial charge in [-0.25, -0.2) is 0 Å². The molecule has 0 aromatic heterocycles. The Kier molecular flexibility index (Phi) is 12.2. The maximum absolute atomic E-state index is 3.81. The van der Waals surface area contributed by atoms with Crippen LogP contribution in [0.25, 0.3) is 0 Å². The minimum atomic E-state index is 1.13. The standard InChI is InChI=1S/C9H14.C4H8/c1-5-6-7-9(4)8(2)3;1-3-4-2/h5-7H,2H2,1,3-4H3;3-4H,1-2H3/b6-5-,9-7-;4-3-. The SMILES string of the molecule is C/C=C\C.C=C(C)/C(C)=C\C=C/C. The van der Waals surface area contributed by atoms with Crippen molar-refractivity contribution in [1.29, 1.82) is 0 Å². The molecule has 0 saturated carbocycles. The fourth-order valence-electron chi connectivity index (χ4n) is 0.383. The van der Waals surface area contributed by atoms with Crippen LogP contribution in [0.1, 0.15) is 34.6 Å². The second-order valence-electron chi connectivity index (χ2n) is 2.82. The van der Waals surface area contributed by atoms with Crippen LogP contribution in [0.3, 0.4) is 0 Å². The Morgan fingerprint density at radius 3 is 1.62 bits per heavy atom. The summed E-state index contributed by atoms with van der Waals surface area (Å²) in [6.07, 6.45) is 10.1. The molecule has 13 heavy (non-hydrogen) atoms. The van der Waals surface area contributed by atoms with Crippen molar-refractivity contribution >= 4 is 0 Å². The predicted molar refractivity (Wildman–Crippen MR) is 63.9 cm³/mol. The van der Waals surface area contributed by atoms with Crippen molar-refractivity contribution in [3.63, 3.8) is 0 Å². The highest BCUT2D eigenvalue weighted by atomic mass is 13.9. The second-order valence-corrected chi connectivity index (χ2v) is 2.82. The lowest BCUT2D eigenvalue weighted by Gasteiger charge is -1.93. The van der Waals surface area contributed by atoms with Crippen LogP contribution < -0.4 is 0 Å². The van der Waals surface area contributed by atoms with Gasteiger partial charge in [-0.2, -0.15) is 0 Å². The quantitative estimate of drug-likeness (QED) is 0.426. The van der Waals surface area contributed by atoms with Crippen molar-refractivity contribution in [2.45, 2.75) is 34.6 Å². The average Bonchev–Trinajstić information content (AvgIpc) is 2.14. The highest BCUT2D eigenvalue weighted by Crippen LogP contribution is 2.03. The maximum Gasteiger partial charge on any atom is -0.0395 e. The van der Waals surface area contributed by atoms with Crippen LogP contribution in [0.4, 0.5) is 0 Å². The molecule has 0 aromatic rings. The van der Waals surface area contributed by atoms with Gasteiger partial charge in [0, 0.05) is 0 Å². The van der Waals surface area contributed by atoms with Crippen molar-refractivity contribution in [2.24, 2.45) is 0 Å². The Balaban J connectivity index is 0. The van der Waals surface area contributed by atoms with E-state index in [1.165, 1.54) is 5.57 Å². The molecule has 0 nitrogen and oxygen atoms in total. The zero-order chi connectivity index (χ0) is 10.7. The molecule has 0 aliphatic heterocycles. The smallest absolute Gasteiger partial charge is 0.0395 e. The van der Waals surface area contributed by atoms with E-state index in [0.717, 1.165) is 5.57 Å². The van der Waals surface area contributed by atoms with Gasteiger partial charge in [-0.3, -0.25) is 0 Å². The van der Waals surface area contributed by atoms with Crippen LogP contribution in [-0.4, -0.2) is 0 Å². The topological polar surface area (TPSA) is 0 Å². The second kappa shape index (κ2) is 11.0. The van der Waals surface area contributed by atoms with Crippen molar-refractivity contribution in [3.05, 3.63) is 48.1 Å². The van der Waals surface area contributed by atoms with E-state index in [2.05, 4.69) is 19.6 Å². The first-order valence-electron chi connectivity index (χ1n) is 4.62. The van der Waals surface area contributed by atoms with E-state index in [4.69, 9.17) is 0 Å². The number of rotatable bonds is 2. The fourth-order valence-corrected chi connectivity index (χ4v) is 0.383. The van der Waals surface area contributed by atoms with Gasteiger partial charge in [-0.1, -0.05) is 42.5 Å². The summed E-state index contributed by atoms with van der Waals surface area (Å²) in [4.78, 5) is 0. The van der Waals surface area contributed by atoms with Gasteiger partial charge in [0.05, 0.1) is 0 Å². The fraction of sp³-hybridized carbons (Fsp3) is 0.385. The van der Waals surface area contributed by atoms with E-state index < -0.39 is 0 Å².